The molecule has 5 heteroatoms. The minimum absolute atomic E-state index is 0.236. The summed E-state index contributed by atoms with van der Waals surface area (Å²) in [6.07, 6.45) is 3.59. The predicted molar refractivity (Wildman–Crippen MR) is 111 cm³/mol. The lowest BCUT2D eigenvalue weighted by Crippen LogP contribution is -2.50. The van der Waals surface area contributed by atoms with E-state index in [4.69, 9.17) is 4.74 Å². The number of nitrogens with zero attached hydrogens (tertiary/aromatic N) is 2. The van der Waals surface area contributed by atoms with Crippen molar-refractivity contribution in [3.63, 3.8) is 0 Å². The molecule has 0 aromatic heterocycles. The second kappa shape index (κ2) is 11.7. The fourth-order valence-electron chi connectivity index (χ4n) is 3.66. The third-order valence-corrected chi connectivity index (χ3v) is 5.49. The van der Waals surface area contributed by atoms with E-state index in [9.17, 15) is 4.79 Å². The predicted octanol–water partition coefficient (Wildman–Crippen LogP) is 4.08. The maximum atomic E-state index is 12.7. The molecule has 1 aliphatic rings. The van der Waals surface area contributed by atoms with E-state index in [1.807, 2.05) is 0 Å². The molecule has 0 atom stereocenters. The average molecular weight is 425 g/mol. The first kappa shape index (κ1) is 21.4. The number of carbonyl (C=O) groups is 1. The Bertz CT molecular complexity index is 516. The molecule has 0 N–H and O–H groups in total. The standard InChI is InChI=1S/C21H33BrN2O2/c1-18(2)24(21(25)11-16-26-15-6-12-22)20-9-13-23(14-10-20)17-19-7-4-3-5-8-19/h3-5,7-8,18,20H,6,9-17H2,1-2H3. The number of hydrogen-bond acceptors (Lipinski definition) is 3. The summed E-state index contributed by atoms with van der Waals surface area (Å²) in [5.41, 5.74) is 1.36. The summed E-state index contributed by atoms with van der Waals surface area (Å²) in [5, 5.41) is 0.945. The number of alkyl halides is 1. The quantitative estimate of drug-likeness (QED) is 0.418. The SMILES string of the molecule is CC(C)N(C(=O)CCOCCCBr)C1CCN(Cc2ccccc2)CC1. The molecule has 0 bridgehead atoms. The van der Waals surface area contributed by atoms with Crippen LogP contribution in [-0.2, 0) is 16.1 Å². The Hall–Kier alpha value is -0.910. The summed E-state index contributed by atoms with van der Waals surface area (Å²) in [7, 11) is 0. The Balaban J connectivity index is 1.78. The minimum atomic E-state index is 0.236. The van der Waals surface area contributed by atoms with Gasteiger partial charge >= 0.3 is 0 Å². The van der Waals surface area contributed by atoms with E-state index in [0.717, 1.165) is 50.8 Å². The van der Waals surface area contributed by atoms with Crippen LogP contribution >= 0.6 is 15.9 Å². The highest BCUT2D eigenvalue weighted by Gasteiger charge is 2.29. The first-order valence-corrected chi connectivity index (χ1v) is 10.9. The van der Waals surface area contributed by atoms with Gasteiger partial charge in [0.05, 0.1) is 13.0 Å². The molecule has 2 rings (SSSR count). The van der Waals surface area contributed by atoms with Crippen molar-refractivity contribution in [1.82, 2.24) is 9.80 Å². The Labute approximate surface area is 167 Å². The van der Waals surface area contributed by atoms with Crippen molar-refractivity contribution in [2.24, 2.45) is 0 Å². The zero-order valence-corrected chi connectivity index (χ0v) is 17.8. The van der Waals surface area contributed by atoms with Crippen LogP contribution in [0.3, 0.4) is 0 Å². The average Bonchev–Trinajstić information content (AvgIpc) is 2.64. The molecule has 0 unspecified atom stereocenters. The molecular weight excluding hydrogens is 392 g/mol. The van der Waals surface area contributed by atoms with E-state index in [2.05, 4.69) is 69.9 Å². The largest absolute Gasteiger partial charge is 0.381 e. The Kier molecular flexibility index (Phi) is 9.65. The Morgan fingerprint density at radius 3 is 2.54 bits per heavy atom. The van der Waals surface area contributed by atoms with Gasteiger partial charge in [0.1, 0.15) is 0 Å². The van der Waals surface area contributed by atoms with Crippen LogP contribution in [0, 0.1) is 0 Å². The van der Waals surface area contributed by atoms with Crippen molar-refractivity contribution in [3.8, 4) is 0 Å². The van der Waals surface area contributed by atoms with Crippen LogP contribution in [0.2, 0.25) is 0 Å². The van der Waals surface area contributed by atoms with E-state index in [0.29, 0.717) is 19.1 Å². The highest BCUT2D eigenvalue weighted by Crippen LogP contribution is 2.21. The lowest BCUT2D eigenvalue weighted by molar-refractivity contribution is -0.137. The molecule has 0 aliphatic carbocycles. The van der Waals surface area contributed by atoms with Gasteiger partial charge in [0, 0.05) is 43.7 Å². The van der Waals surface area contributed by atoms with Gasteiger partial charge in [-0.15, -0.1) is 0 Å². The van der Waals surface area contributed by atoms with Crippen LogP contribution in [0.15, 0.2) is 30.3 Å². The molecule has 1 aliphatic heterocycles. The molecule has 0 spiro atoms. The van der Waals surface area contributed by atoms with E-state index in [1.54, 1.807) is 0 Å². The second-order valence-electron chi connectivity index (χ2n) is 7.29. The Morgan fingerprint density at radius 2 is 1.92 bits per heavy atom. The van der Waals surface area contributed by atoms with E-state index >= 15 is 0 Å². The molecule has 146 valence electrons. The monoisotopic (exact) mass is 424 g/mol. The fourth-order valence-corrected chi connectivity index (χ4v) is 3.89. The van der Waals surface area contributed by atoms with Crippen molar-refractivity contribution in [3.05, 3.63) is 35.9 Å². The van der Waals surface area contributed by atoms with E-state index < -0.39 is 0 Å². The summed E-state index contributed by atoms with van der Waals surface area (Å²) >= 11 is 3.39. The molecule has 1 heterocycles. The van der Waals surface area contributed by atoms with Crippen LogP contribution in [-0.4, -0.2) is 59.4 Å². The number of benzene rings is 1. The van der Waals surface area contributed by atoms with Gasteiger partial charge in [-0.3, -0.25) is 9.69 Å². The van der Waals surface area contributed by atoms with Crippen LogP contribution in [0.5, 0.6) is 0 Å². The zero-order chi connectivity index (χ0) is 18.8. The van der Waals surface area contributed by atoms with Crippen molar-refractivity contribution < 1.29 is 9.53 Å². The summed E-state index contributed by atoms with van der Waals surface area (Å²) in [6, 6.07) is 11.2. The number of hydrogen-bond donors (Lipinski definition) is 0. The summed E-state index contributed by atoms with van der Waals surface area (Å²) in [6.45, 7) is 8.61. The van der Waals surface area contributed by atoms with Crippen molar-refractivity contribution >= 4 is 21.8 Å². The van der Waals surface area contributed by atoms with Crippen LogP contribution in [0.4, 0.5) is 0 Å². The van der Waals surface area contributed by atoms with Gasteiger partial charge in [-0.05, 0) is 38.7 Å². The smallest absolute Gasteiger partial charge is 0.225 e. The molecule has 1 aromatic carbocycles. The molecule has 4 nitrogen and oxygen atoms in total. The highest BCUT2D eigenvalue weighted by atomic mass is 79.9. The summed E-state index contributed by atoms with van der Waals surface area (Å²) in [5.74, 6) is 0.236. The number of amides is 1. The second-order valence-corrected chi connectivity index (χ2v) is 8.09. The number of carbonyl (C=O) groups excluding carboxylic acids is 1. The third kappa shape index (κ3) is 7.01. The van der Waals surface area contributed by atoms with Gasteiger partial charge in [0.15, 0.2) is 0 Å². The molecule has 0 radical (unpaired) electrons. The maximum Gasteiger partial charge on any atom is 0.225 e. The number of piperidine rings is 1. The summed E-state index contributed by atoms with van der Waals surface area (Å²) in [4.78, 5) is 17.3. The maximum absolute atomic E-state index is 12.7. The normalized spacial score (nSPS) is 16.2. The van der Waals surface area contributed by atoms with Gasteiger partial charge in [0.2, 0.25) is 5.91 Å². The fraction of sp³-hybridized carbons (Fsp3) is 0.667. The number of likely N-dealkylation sites (tertiary alicyclic amines) is 1. The molecule has 1 amide bonds. The first-order chi connectivity index (χ1) is 12.6. The Morgan fingerprint density at radius 1 is 1.23 bits per heavy atom. The van der Waals surface area contributed by atoms with Crippen molar-refractivity contribution in [2.45, 2.75) is 58.2 Å². The minimum Gasteiger partial charge on any atom is -0.381 e. The molecule has 1 aromatic rings. The number of ether oxygens (including phenoxy) is 1. The molecular formula is C21H33BrN2O2. The van der Waals surface area contributed by atoms with Crippen LogP contribution in [0.1, 0.15) is 45.1 Å². The summed E-state index contributed by atoms with van der Waals surface area (Å²) < 4.78 is 5.56. The lowest BCUT2D eigenvalue weighted by atomic mass is 10.0. The first-order valence-electron chi connectivity index (χ1n) is 9.83. The molecule has 0 saturated carbocycles. The van der Waals surface area contributed by atoms with E-state index in [-0.39, 0.29) is 11.9 Å². The third-order valence-electron chi connectivity index (χ3n) is 4.93. The van der Waals surface area contributed by atoms with Crippen molar-refractivity contribution in [2.75, 3.05) is 31.6 Å². The van der Waals surface area contributed by atoms with Gasteiger partial charge in [-0.1, -0.05) is 46.3 Å². The van der Waals surface area contributed by atoms with E-state index in [1.165, 1.54) is 5.56 Å². The molecule has 1 saturated heterocycles. The number of rotatable bonds is 10. The van der Waals surface area contributed by atoms with Crippen LogP contribution in [0.25, 0.3) is 0 Å². The molecule has 26 heavy (non-hydrogen) atoms. The highest BCUT2D eigenvalue weighted by molar-refractivity contribution is 9.09. The van der Waals surface area contributed by atoms with Gasteiger partial charge in [-0.25, -0.2) is 0 Å². The van der Waals surface area contributed by atoms with Crippen LogP contribution < -0.4 is 0 Å². The topological polar surface area (TPSA) is 32.8 Å². The van der Waals surface area contributed by atoms with Crippen molar-refractivity contribution in [1.29, 1.82) is 0 Å². The van der Waals surface area contributed by atoms with Gasteiger partial charge in [-0.2, -0.15) is 0 Å². The van der Waals surface area contributed by atoms with Gasteiger partial charge in [0.25, 0.3) is 0 Å². The molecule has 1 fully saturated rings. The number of halogens is 1. The zero-order valence-electron chi connectivity index (χ0n) is 16.2. The van der Waals surface area contributed by atoms with Gasteiger partial charge < -0.3 is 9.64 Å². The lowest BCUT2D eigenvalue weighted by Gasteiger charge is -2.40.